The largest absolute Gasteiger partial charge is 0.432 e. The molecule has 8 aliphatic rings. The highest BCUT2D eigenvalue weighted by Crippen LogP contribution is 2.76. The summed E-state index contributed by atoms with van der Waals surface area (Å²) in [4.78, 5) is 42.1. The van der Waals surface area contributed by atoms with Crippen LogP contribution in [0.1, 0.15) is 162 Å². The molecule has 20 heteroatoms. The molecule has 10 N–H and O–H groups in total. The van der Waals surface area contributed by atoms with Crippen LogP contribution in [0.3, 0.4) is 0 Å². The van der Waals surface area contributed by atoms with Gasteiger partial charge in [-0.15, -0.1) is 0 Å². The van der Waals surface area contributed by atoms with E-state index in [4.69, 9.17) is 28.4 Å². The Morgan fingerprint density at radius 2 is 1.37 bits per heavy atom. The number of aliphatic hydroxyl groups excluding tert-OH is 9. The van der Waals surface area contributed by atoms with Gasteiger partial charge in [-0.3, -0.25) is 14.4 Å². The number of nitrogens with one attached hydrogen (secondary N) is 1. The van der Waals surface area contributed by atoms with Gasteiger partial charge in [0, 0.05) is 22.0 Å². The van der Waals surface area contributed by atoms with Crippen LogP contribution < -0.4 is 5.32 Å². The topological polar surface area (TPSA) is 301 Å². The van der Waals surface area contributed by atoms with Gasteiger partial charge in [-0.2, -0.15) is 0 Å². The van der Waals surface area contributed by atoms with E-state index in [1.807, 2.05) is 12.1 Å². The van der Waals surface area contributed by atoms with E-state index in [0.717, 1.165) is 41.2 Å². The molecule has 7 fully saturated rings. The Labute approximate surface area is 490 Å². The third-order valence-electron chi connectivity index (χ3n) is 22.0. The van der Waals surface area contributed by atoms with Gasteiger partial charge in [0.1, 0.15) is 54.2 Å². The fourth-order valence-corrected chi connectivity index (χ4v) is 17.2. The first-order chi connectivity index (χ1) is 38.0. The highest BCUT2D eigenvalue weighted by Gasteiger charge is 2.72. The molecular weight excluding hydrogens is 1160 g/mol. The molecule has 1 amide bonds. The number of benzene rings is 1. The quantitative estimate of drug-likeness (QED) is 0.0352. The molecule has 5 aliphatic carbocycles. The van der Waals surface area contributed by atoms with Gasteiger partial charge in [0.2, 0.25) is 12.2 Å². The molecule has 1 aromatic carbocycles. The van der Waals surface area contributed by atoms with Crippen molar-refractivity contribution in [2.45, 2.75) is 250 Å². The van der Waals surface area contributed by atoms with Crippen LogP contribution in [0.15, 0.2) is 35.9 Å². The number of ether oxygens (including phenoxy) is 6. The van der Waals surface area contributed by atoms with Crippen LogP contribution in [0.2, 0.25) is 0 Å². The molecule has 3 aliphatic heterocycles. The maximum absolute atomic E-state index is 15.7. The molecular formula is C61H92INO18. The Balaban J connectivity index is 0.960. The van der Waals surface area contributed by atoms with E-state index in [0.29, 0.717) is 56.4 Å². The summed E-state index contributed by atoms with van der Waals surface area (Å²) < 4.78 is 37.6. The van der Waals surface area contributed by atoms with Crippen LogP contribution in [-0.4, -0.2) is 175 Å². The number of hydrogen-bond acceptors (Lipinski definition) is 18. The second-order valence-electron chi connectivity index (χ2n) is 27.6. The van der Waals surface area contributed by atoms with Crippen molar-refractivity contribution in [2.24, 2.45) is 50.2 Å². The average molecular weight is 1250 g/mol. The highest BCUT2D eigenvalue weighted by atomic mass is 127. The molecule has 0 aromatic heterocycles. The smallest absolute Gasteiger partial charge is 0.317 e. The number of hydrogen-bond donors (Lipinski definition) is 10. The lowest BCUT2D eigenvalue weighted by molar-refractivity contribution is -0.370. The summed E-state index contributed by atoms with van der Waals surface area (Å²) in [5.74, 6) is -1.15. The Morgan fingerprint density at radius 3 is 2.06 bits per heavy atom. The maximum atomic E-state index is 15.7. The number of fused-ring (bicyclic) bond motifs is 7. The summed E-state index contributed by atoms with van der Waals surface area (Å²) in [6.45, 7) is 16.2. The number of rotatable bonds is 16. The Hall–Kier alpha value is -2.26. The fraction of sp³-hybridized carbons (Fsp3) is 0.820. The molecule has 0 spiro atoms. The van der Waals surface area contributed by atoms with Crippen LogP contribution in [0.25, 0.3) is 0 Å². The van der Waals surface area contributed by atoms with E-state index in [1.165, 1.54) is 6.92 Å². The zero-order valence-corrected chi connectivity index (χ0v) is 50.6. The molecule has 4 saturated carbocycles. The molecule has 3 saturated heterocycles. The lowest BCUT2D eigenvalue weighted by Gasteiger charge is -2.71. The maximum Gasteiger partial charge on any atom is 0.317 e. The van der Waals surface area contributed by atoms with Crippen molar-refractivity contribution in [3.8, 4) is 0 Å². The Morgan fingerprint density at radius 1 is 0.704 bits per heavy atom. The highest BCUT2D eigenvalue weighted by molar-refractivity contribution is 14.1. The number of unbranched alkanes of at least 4 members (excludes halogenated alkanes) is 3. The number of amides is 1. The molecule has 0 radical (unpaired) electrons. The zero-order valence-electron chi connectivity index (χ0n) is 48.5. The van der Waals surface area contributed by atoms with E-state index in [2.05, 4.69) is 82.4 Å². The first kappa shape index (κ1) is 63.2. The van der Waals surface area contributed by atoms with Gasteiger partial charge < -0.3 is 79.7 Å². The van der Waals surface area contributed by atoms with E-state index in [1.54, 1.807) is 12.1 Å². The SMILES string of the molecule is C[C@H]1O[C@@H](OC2C(O)C(NC(=O)CCCCCCC(=O)c3ccc(I)cc3)[C@H](CO)O[C@H]2OC(=O)C23CCC(C)(C)CC2C2=CCC4C5(C)CC[C@H](O)C(C)(C)[C@@H]5CC[C@]4(C)[C@]2(C)C[C@@H]3O)C(O)C(O)C1O[C@@H]1OCC(O)C(O)C1O. The van der Waals surface area contributed by atoms with Gasteiger partial charge in [0.15, 0.2) is 24.5 Å². The summed E-state index contributed by atoms with van der Waals surface area (Å²) >= 11 is 2.19. The monoisotopic (exact) mass is 1250 g/mol. The number of carbonyl (C=O) groups is 3. The van der Waals surface area contributed by atoms with Crippen molar-refractivity contribution in [1.29, 1.82) is 0 Å². The molecule has 1 aromatic rings. The summed E-state index contributed by atoms with van der Waals surface area (Å²) in [7, 11) is 0. The summed E-state index contributed by atoms with van der Waals surface area (Å²) in [5.41, 5.74) is -1.04. The normalized spacial score (nSPS) is 45.5. The van der Waals surface area contributed by atoms with Crippen LogP contribution in [0.5, 0.6) is 0 Å². The number of halogens is 1. The Bertz CT molecular complexity index is 2440. The molecule has 0 bridgehead atoms. The Kier molecular flexibility index (Phi) is 18.8. The minimum absolute atomic E-state index is 0.0228. The molecule has 3 heterocycles. The predicted octanol–water partition coefficient (Wildman–Crippen LogP) is 4.73. The molecule has 81 heavy (non-hydrogen) atoms. The molecule has 13 unspecified atom stereocenters. The van der Waals surface area contributed by atoms with Gasteiger partial charge in [-0.05, 0) is 157 Å². The lowest BCUT2D eigenvalue weighted by atomic mass is 9.33. The molecule has 19 nitrogen and oxygen atoms in total. The first-order valence-corrected chi connectivity index (χ1v) is 30.9. The van der Waals surface area contributed by atoms with Crippen molar-refractivity contribution in [3.05, 3.63) is 45.0 Å². The standard InChI is InChI=1S/C61H92INO18/c1-31-50(79-52-48(73)45(70)37(66)30-76-52)47(72)49(74)53(77-31)80-51-46(71)44(63-43(69)14-12-10-9-11-13-36(65)32-15-17-33(62)18-16-32)38(29-64)78-54(51)81-55(75)61-26-25-56(2,3)27-35(61)34-19-20-40-58(6)23-22-41(67)57(4,5)39(58)21-24-59(40,7)60(34,8)28-42(61)68/h15-19,31,35,37-42,44-54,64,66-68,70-74H,9-14,20-30H2,1-8H3,(H,63,69)/t31-,35?,37?,38+,39+,40?,41+,42+,44?,45?,46?,47?,48?,49?,50?,51?,52+,53+,54+,58?,59+,60-,61?/m1/s1. The number of Topliss-reactive ketones (excluding diaryl/α,β-unsaturated/α-hetero) is 1. The van der Waals surface area contributed by atoms with Crippen LogP contribution in [0.4, 0.5) is 0 Å². The minimum atomic E-state index is -1.94. The van der Waals surface area contributed by atoms with E-state index >= 15 is 4.79 Å². The van der Waals surface area contributed by atoms with Crippen molar-refractivity contribution in [1.82, 2.24) is 5.32 Å². The summed E-state index contributed by atoms with van der Waals surface area (Å²) in [5, 5.41) is 105. The zero-order chi connectivity index (χ0) is 58.9. The van der Waals surface area contributed by atoms with E-state index in [-0.39, 0.29) is 58.7 Å². The predicted molar refractivity (Wildman–Crippen MR) is 301 cm³/mol. The number of esters is 1. The summed E-state index contributed by atoms with van der Waals surface area (Å²) in [6, 6.07) is 6.02. The van der Waals surface area contributed by atoms with Crippen molar-refractivity contribution < 1.29 is 88.8 Å². The van der Waals surface area contributed by atoms with Gasteiger partial charge in [0.25, 0.3) is 0 Å². The van der Waals surface area contributed by atoms with Gasteiger partial charge in [-0.1, -0.05) is 85.1 Å². The number of allylic oxidation sites excluding steroid dienone is 2. The van der Waals surface area contributed by atoms with Gasteiger partial charge in [0.05, 0.1) is 37.6 Å². The van der Waals surface area contributed by atoms with Crippen LogP contribution >= 0.6 is 22.6 Å². The lowest BCUT2D eigenvalue weighted by Crippen LogP contribution is -2.69. The molecule has 23 atom stereocenters. The van der Waals surface area contributed by atoms with Crippen molar-refractivity contribution in [2.75, 3.05) is 13.2 Å². The minimum Gasteiger partial charge on any atom is -0.432 e. The van der Waals surface area contributed by atoms with E-state index in [9.17, 15) is 55.5 Å². The van der Waals surface area contributed by atoms with E-state index < -0.39 is 134 Å². The summed E-state index contributed by atoms with van der Waals surface area (Å²) in [6.07, 6.45) is -11.6. The number of ketones is 1. The molecule has 456 valence electrons. The number of carbonyl (C=O) groups excluding carboxylic acids is 3. The second-order valence-corrected chi connectivity index (χ2v) is 28.8. The van der Waals surface area contributed by atoms with Gasteiger partial charge in [-0.25, -0.2) is 0 Å². The third-order valence-corrected chi connectivity index (χ3v) is 22.7. The second kappa shape index (κ2) is 24.1. The average Bonchev–Trinajstić information content (AvgIpc) is 1.41. The van der Waals surface area contributed by atoms with Gasteiger partial charge >= 0.3 is 5.97 Å². The van der Waals surface area contributed by atoms with Crippen molar-refractivity contribution in [3.63, 3.8) is 0 Å². The fourth-order valence-electron chi connectivity index (χ4n) is 16.9. The number of aliphatic hydroxyl groups is 9. The van der Waals surface area contributed by atoms with Crippen molar-refractivity contribution >= 4 is 40.3 Å². The molecule has 9 rings (SSSR count). The third kappa shape index (κ3) is 11.5. The first-order valence-electron chi connectivity index (χ1n) is 29.8. The van der Waals surface area contributed by atoms with Crippen LogP contribution in [0, 0.1) is 53.8 Å². The van der Waals surface area contributed by atoms with Crippen LogP contribution in [-0.2, 0) is 38.0 Å².